The van der Waals surface area contributed by atoms with E-state index in [1.807, 2.05) is 0 Å². The molecule has 18 heteroatoms. The molecule has 282 valence electrons. The first-order valence-electron chi connectivity index (χ1n) is 15.6. The van der Waals surface area contributed by atoms with E-state index in [1.165, 1.54) is 55.1 Å². The van der Waals surface area contributed by atoms with Crippen molar-refractivity contribution in [3.63, 3.8) is 0 Å². The quantitative estimate of drug-likeness (QED) is 0.0157. The lowest BCUT2D eigenvalue weighted by Crippen LogP contribution is -2.63. The number of aliphatic hydroxyl groups excluding tert-OH is 1. The van der Waals surface area contributed by atoms with Crippen molar-refractivity contribution in [3.8, 4) is 5.75 Å². The van der Waals surface area contributed by atoms with E-state index >= 15 is 0 Å². The number of nitrogens with zero attached hydrogens (tertiary/aromatic N) is 2. The van der Waals surface area contributed by atoms with Crippen LogP contribution >= 0.6 is 35.7 Å². The Morgan fingerprint density at radius 1 is 0.981 bits per heavy atom. The second-order valence-corrected chi connectivity index (χ2v) is 15.2. The highest BCUT2D eigenvalue weighted by molar-refractivity contribution is 8.16. The molecule has 1 saturated heterocycles. The third kappa shape index (κ3) is 8.88. The summed E-state index contributed by atoms with van der Waals surface area (Å²) in [6.45, 7) is 7.56. The average molecular weight is 799 g/mol. The fourth-order valence-corrected chi connectivity index (χ4v) is 7.27. The van der Waals surface area contributed by atoms with E-state index in [0.29, 0.717) is 23.1 Å². The number of hydrogen-bond donors (Lipinski definition) is 1. The zero-order chi connectivity index (χ0) is 39.5. The number of thioether (sulfide) groups is 2. The zero-order valence-electron chi connectivity index (χ0n) is 28.6. The highest BCUT2D eigenvalue weighted by Gasteiger charge is 2.54. The molecule has 1 heterocycles. The van der Waals surface area contributed by atoms with Gasteiger partial charge in [-0.1, -0.05) is 39.9 Å². The van der Waals surface area contributed by atoms with Gasteiger partial charge in [-0.05, 0) is 72.0 Å². The first-order chi connectivity index (χ1) is 24.8. The minimum atomic E-state index is -2.35. The largest absolute Gasteiger partial charge is 0.456 e. The van der Waals surface area contributed by atoms with Crippen molar-refractivity contribution >= 4 is 63.3 Å². The topological polar surface area (TPSA) is 136 Å². The summed E-state index contributed by atoms with van der Waals surface area (Å²) in [5.74, 6) is -13.4. The molecule has 1 fully saturated rings. The minimum Gasteiger partial charge on any atom is -0.456 e. The van der Waals surface area contributed by atoms with Gasteiger partial charge < -0.3 is 14.6 Å². The molecule has 1 N–H and O–H groups in total. The van der Waals surface area contributed by atoms with Gasteiger partial charge in [0.1, 0.15) is 12.4 Å². The number of ether oxygens (including phenoxy) is 2. The molecular formula is C35H31F5N2O8S3. The van der Waals surface area contributed by atoms with Crippen molar-refractivity contribution < 1.29 is 55.8 Å². The number of aliphatic hydroxyl groups is 1. The van der Waals surface area contributed by atoms with Crippen molar-refractivity contribution in [1.29, 1.82) is 0 Å². The molecular weight excluding hydrogens is 768 g/mol. The molecule has 53 heavy (non-hydrogen) atoms. The van der Waals surface area contributed by atoms with Crippen LogP contribution in [0.4, 0.5) is 27.6 Å². The second-order valence-electron chi connectivity index (χ2n) is 12.5. The van der Waals surface area contributed by atoms with Crippen LogP contribution in [0.25, 0.3) is 0 Å². The number of likely N-dealkylation sites (tertiary alicyclic amines) is 1. The van der Waals surface area contributed by atoms with Crippen LogP contribution in [-0.4, -0.2) is 54.0 Å². The third-order valence-electron chi connectivity index (χ3n) is 7.65. The summed E-state index contributed by atoms with van der Waals surface area (Å²) in [5.41, 5.74) is -2.85. The Kier molecular flexibility index (Phi) is 13.1. The van der Waals surface area contributed by atoms with Crippen molar-refractivity contribution in [2.24, 2.45) is 11.3 Å². The fraction of sp³-hybridized carbons (Fsp3) is 0.314. The first-order valence-corrected chi connectivity index (χ1v) is 17.9. The number of halogens is 5. The fourth-order valence-electron chi connectivity index (χ4n) is 4.81. The summed E-state index contributed by atoms with van der Waals surface area (Å²) in [6.07, 6.45) is -1.12. The number of thiocarbonyl (C=S) groups is 1. The zero-order valence-corrected chi connectivity index (χ0v) is 31.0. The van der Waals surface area contributed by atoms with E-state index in [0.717, 1.165) is 17.0 Å². The number of nitro groups is 1. The molecule has 3 aromatic carbocycles. The van der Waals surface area contributed by atoms with Crippen LogP contribution in [0.15, 0.2) is 59.3 Å². The smallest absolute Gasteiger partial charge is 0.359 e. The van der Waals surface area contributed by atoms with E-state index in [4.69, 9.17) is 21.7 Å². The first kappa shape index (κ1) is 41.4. The van der Waals surface area contributed by atoms with Crippen molar-refractivity contribution in [2.75, 3.05) is 5.75 Å². The number of benzene rings is 3. The van der Waals surface area contributed by atoms with Crippen LogP contribution in [0.2, 0.25) is 0 Å². The van der Waals surface area contributed by atoms with Gasteiger partial charge in [0.25, 0.3) is 5.69 Å². The second kappa shape index (κ2) is 16.7. The van der Waals surface area contributed by atoms with Gasteiger partial charge in [-0.15, -0.1) is 11.8 Å². The summed E-state index contributed by atoms with van der Waals surface area (Å²) in [7, 11) is 0. The molecule has 1 aliphatic rings. The predicted molar refractivity (Wildman–Crippen MR) is 190 cm³/mol. The number of carbonyl (C=O) groups is 3. The number of nitro benzene ring substituents is 1. The molecule has 3 aromatic rings. The molecule has 0 radical (unpaired) electrons. The maximum atomic E-state index is 14.5. The van der Waals surface area contributed by atoms with Gasteiger partial charge in [0.2, 0.25) is 16.8 Å². The van der Waals surface area contributed by atoms with Crippen LogP contribution < -0.4 is 4.74 Å². The molecule has 4 rings (SSSR count). The summed E-state index contributed by atoms with van der Waals surface area (Å²) >= 11 is 6.76. The Balaban J connectivity index is 1.80. The number of esters is 1. The normalized spacial score (nSPS) is 16.7. The lowest BCUT2D eigenvalue weighted by molar-refractivity contribution is -0.384. The molecule has 1 amide bonds. The van der Waals surface area contributed by atoms with Gasteiger partial charge in [-0.25, -0.2) is 26.7 Å². The average Bonchev–Trinajstić information content (AvgIpc) is 3.10. The van der Waals surface area contributed by atoms with Gasteiger partial charge in [-0.3, -0.25) is 24.6 Å². The van der Waals surface area contributed by atoms with Crippen LogP contribution in [-0.2, 0) is 25.7 Å². The predicted octanol–water partition coefficient (Wildman–Crippen LogP) is 7.57. The SMILES string of the molecule is CCS[C@@H]1[C@@H]([C@@H](C)O)C(=O)N1C(C(=O)OCc1ccc([N+](=O)[O-])cc1)=C(Oc1ccc(C(=S)c2c(F)c(F)c(F)c(F)c2F)cc1)SC(=O)C(C)(C)C. The number of hydrogen-bond acceptors (Lipinski definition) is 11. The van der Waals surface area contributed by atoms with Crippen LogP contribution in [0.5, 0.6) is 5.75 Å². The molecule has 3 atom stereocenters. The minimum absolute atomic E-state index is 0.112. The Morgan fingerprint density at radius 2 is 1.53 bits per heavy atom. The summed E-state index contributed by atoms with van der Waals surface area (Å²) in [6, 6.07) is 9.78. The number of carbonyl (C=O) groups excluding carboxylic acids is 3. The molecule has 0 spiro atoms. The van der Waals surface area contributed by atoms with Crippen LogP contribution in [0, 0.1) is 50.5 Å². The van der Waals surface area contributed by atoms with Gasteiger partial charge in [0, 0.05) is 17.5 Å². The lowest BCUT2D eigenvalue weighted by atomic mass is 9.92. The van der Waals surface area contributed by atoms with E-state index < -0.39 is 102 Å². The maximum Gasteiger partial charge on any atom is 0.359 e. The Morgan fingerprint density at radius 3 is 2.02 bits per heavy atom. The van der Waals surface area contributed by atoms with Gasteiger partial charge in [-0.2, -0.15) is 0 Å². The molecule has 10 nitrogen and oxygen atoms in total. The maximum absolute atomic E-state index is 14.5. The van der Waals surface area contributed by atoms with Crippen molar-refractivity contribution in [2.45, 2.75) is 52.7 Å². The van der Waals surface area contributed by atoms with E-state index in [9.17, 15) is 51.6 Å². The summed E-state index contributed by atoms with van der Waals surface area (Å²) in [4.78, 5) is 51.7. The highest BCUT2D eigenvalue weighted by Crippen LogP contribution is 2.44. The Hall–Kier alpha value is -4.39. The summed E-state index contributed by atoms with van der Waals surface area (Å²) in [5, 5.41) is 19.7. The van der Waals surface area contributed by atoms with Crippen LogP contribution in [0.3, 0.4) is 0 Å². The lowest BCUT2D eigenvalue weighted by Gasteiger charge is -2.48. The molecule has 0 unspecified atom stereocenters. The van der Waals surface area contributed by atoms with Gasteiger partial charge >= 0.3 is 5.97 Å². The highest BCUT2D eigenvalue weighted by atomic mass is 32.2. The molecule has 0 saturated carbocycles. The van der Waals surface area contributed by atoms with Crippen molar-refractivity contribution in [3.05, 3.63) is 115 Å². The Bertz CT molecular complexity index is 1960. The molecule has 1 aliphatic heterocycles. The number of amides is 1. The van der Waals surface area contributed by atoms with E-state index in [1.54, 1.807) is 27.7 Å². The van der Waals surface area contributed by atoms with E-state index in [2.05, 4.69) is 0 Å². The molecule has 0 bridgehead atoms. The summed E-state index contributed by atoms with van der Waals surface area (Å²) < 4.78 is 82.0. The monoisotopic (exact) mass is 798 g/mol. The van der Waals surface area contributed by atoms with Crippen molar-refractivity contribution in [1.82, 2.24) is 4.90 Å². The number of non-ortho nitro benzene ring substituents is 1. The standard InChI is InChI=1S/C35H31F5N2O8S3/c1-6-52-31-21(16(2)43)30(44)41(31)28(32(45)49-15-17-7-11-19(12-8-17)42(47)48)33(53-34(46)35(3,4)5)50-20-13-9-18(10-14-20)29(51)22-23(36)25(38)27(40)26(39)24(22)37/h7-14,16,21,31,43H,6,15H2,1-5H3/t16-,21+,31-/m1/s1. The number of β-lactam (4-membered cyclic amide) rings is 1. The molecule has 0 aliphatic carbocycles. The van der Waals surface area contributed by atoms with E-state index in [-0.39, 0.29) is 17.0 Å². The van der Waals surface area contributed by atoms with Gasteiger partial charge in [0.15, 0.2) is 34.1 Å². The third-order valence-corrected chi connectivity index (χ3v) is 10.5. The van der Waals surface area contributed by atoms with Crippen LogP contribution in [0.1, 0.15) is 51.3 Å². The van der Waals surface area contributed by atoms with Gasteiger partial charge in [0.05, 0.1) is 32.7 Å². The Labute approximate surface area is 313 Å². The number of rotatable bonds is 13. The molecule has 0 aromatic heterocycles.